The summed E-state index contributed by atoms with van der Waals surface area (Å²) in [5.41, 5.74) is -0.853. The standard InChI is InChI=1S/C27H21F3N2O5/c1-16-21(17-7-4-3-5-8-17)13-22(25(34)31-16)26(35)32(14-20-12-23(33)24(36-2)15-37-20)19-10-6-9-18(11-19)27(28,29)30/h3-13,15H,14H2,1-2H3,(H,31,34). The Labute approximate surface area is 208 Å². The zero-order valence-corrected chi connectivity index (χ0v) is 19.8. The number of carbonyl (C=O) groups is 1. The van der Waals surface area contributed by atoms with Crippen LogP contribution in [0.15, 0.2) is 87.0 Å². The van der Waals surface area contributed by atoms with Crippen molar-refractivity contribution in [2.75, 3.05) is 12.0 Å². The molecule has 0 unspecified atom stereocenters. The van der Waals surface area contributed by atoms with Crippen molar-refractivity contribution in [3.05, 3.63) is 116 Å². The van der Waals surface area contributed by atoms with Gasteiger partial charge in [-0.3, -0.25) is 14.4 Å². The van der Waals surface area contributed by atoms with Crippen LogP contribution in [0.2, 0.25) is 0 Å². The van der Waals surface area contributed by atoms with Crippen molar-refractivity contribution in [1.82, 2.24) is 4.98 Å². The molecule has 37 heavy (non-hydrogen) atoms. The molecule has 2 heterocycles. The van der Waals surface area contributed by atoms with Crippen molar-refractivity contribution in [1.29, 1.82) is 0 Å². The number of alkyl halides is 3. The number of anilines is 1. The number of aryl methyl sites for hydroxylation is 1. The number of pyridine rings is 1. The summed E-state index contributed by atoms with van der Waals surface area (Å²) in [5.74, 6) is -0.984. The van der Waals surface area contributed by atoms with Gasteiger partial charge in [0.15, 0.2) is 0 Å². The average Bonchev–Trinajstić information content (AvgIpc) is 2.87. The molecule has 0 atom stereocenters. The number of nitrogens with zero attached hydrogens (tertiary/aromatic N) is 1. The Kier molecular flexibility index (Phi) is 7.01. The lowest BCUT2D eigenvalue weighted by molar-refractivity contribution is -0.137. The number of carbonyl (C=O) groups excluding carboxylic acids is 1. The van der Waals surface area contributed by atoms with Crippen LogP contribution < -0.4 is 20.6 Å². The first-order chi connectivity index (χ1) is 17.6. The molecule has 0 saturated carbocycles. The number of H-pyrrole nitrogens is 1. The predicted octanol–water partition coefficient (Wildman–Crippen LogP) is 5.18. The molecule has 0 aliphatic rings. The maximum atomic E-state index is 13.7. The van der Waals surface area contributed by atoms with Gasteiger partial charge in [-0.15, -0.1) is 0 Å². The van der Waals surface area contributed by atoms with E-state index in [-0.39, 0.29) is 22.8 Å². The number of aromatic nitrogens is 1. The van der Waals surface area contributed by atoms with Gasteiger partial charge in [-0.1, -0.05) is 36.4 Å². The highest BCUT2D eigenvalue weighted by Gasteiger charge is 2.32. The van der Waals surface area contributed by atoms with Crippen molar-refractivity contribution < 1.29 is 27.1 Å². The van der Waals surface area contributed by atoms with Gasteiger partial charge in [0.2, 0.25) is 11.2 Å². The molecule has 2 aromatic heterocycles. The summed E-state index contributed by atoms with van der Waals surface area (Å²) in [6.45, 7) is 1.25. The van der Waals surface area contributed by atoms with Gasteiger partial charge in [-0.2, -0.15) is 13.2 Å². The third kappa shape index (κ3) is 5.48. The summed E-state index contributed by atoms with van der Waals surface area (Å²) in [6.07, 6.45) is -3.63. The lowest BCUT2D eigenvalue weighted by Gasteiger charge is -2.23. The minimum Gasteiger partial charge on any atom is -0.490 e. The highest BCUT2D eigenvalue weighted by Crippen LogP contribution is 2.32. The van der Waals surface area contributed by atoms with Gasteiger partial charge in [-0.05, 0) is 36.8 Å². The van der Waals surface area contributed by atoms with E-state index >= 15 is 0 Å². The molecule has 0 aliphatic carbocycles. The van der Waals surface area contributed by atoms with E-state index in [0.717, 1.165) is 41.0 Å². The van der Waals surface area contributed by atoms with Gasteiger partial charge < -0.3 is 19.0 Å². The van der Waals surface area contributed by atoms with Gasteiger partial charge in [0, 0.05) is 23.0 Å². The van der Waals surface area contributed by atoms with Crippen LogP contribution in [0.5, 0.6) is 5.75 Å². The Balaban J connectivity index is 1.84. The summed E-state index contributed by atoms with van der Waals surface area (Å²) < 4.78 is 50.6. The zero-order valence-electron chi connectivity index (χ0n) is 19.8. The van der Waals surface area contributed by atoms with Crippen LogP contribution in [0, 0.1) is 6.92 Å². The summed E-state index contributed by atoms with van der Waals surface area (Å²) in [6, 6.07) is 15.6. The number of aromatic amines is 1. The van der Waals surface area contributed by atoms with Gasteiger partial charge in [0.1, 0.15) is 17.6 Å². The molecule has 2 aromatic carbocycles. The number of amides is 1. The smallest absolute Gasteiger partial charge is 0.416 e. The first-order valence-corrected chi connectivity index (χ1v) is 11.0. The van der Waals surface area contributed by atoms with E-state index in [0.29, 0.717) is 11.3 Å². The molecule has 0 fully saturated rings. The number of benzene rings is 2. The van der Waals surface area contributed by atoms with Gasteiger partial charge >= 0.3 is 6.18 Å². The third-order valence-electron chi connectivity index (χ3n) is 5.67. The van der Waals surface area contributed by atoms with Gasteiger partial charge in [0.05, 0.1) is 19.2 Å². The van der Waals surface area contributed by atoms with Crippen molar-refractivity contribution in [2.24, 2.45) is 0 Å². The summed E-state index contributed by atoms with van der Waals surface area (Å²) in [4.78, 5) is 42.4. The summed E-state index contributed by atoms with van der Waals surface area (Å²) in [5, 5.41) is 0. The van der Waals surface area contributed by atoms with Crippen LogP contribution in [0.1, 0.15) is 27.4 Å². The first kappa shape index (κ1) is 25.5. The topological polar surface area (TPSA) is 92.6 Å². The van der Waals surface area contributed by atoms with Gasteiger partial charge in [0.25, 0.3) is 11.5 Å². The Hall–Kier alpha value is -4.60. The largest absolute Gasteiger partial charge is 0.490 e. The SMILES string of the molecule is COc1coc(CN(C(=O)c2cc(-c3ccccc3)c(C)[nH]c2=O)c2cccc(C(F)(F)F)c2)cc1=O. The Morgan fingerprint density at radius 2 is 1.76 bits per heavy atom. The maximum absolute atomic E-state index is 13.7. The molecule has 190 valence electrons. The second kappa shape index (κ2) is 10.2. The van der Waals surface area contributed by atoms with Crippen molar-refractivity contribution in [2.45, 2.75) is 19.6 Å². The maximum Gasteiger partial charge on any atom is 0.416 e. The van der Waals surface area contributed by atoms with Gasteiger partial charge in [-0.25, -0.2) is 0 Å². The summed E-state index contributed by atoms with van der Waals surface area (Å²) in [7, 11) is 1.28. The van der Waals surface area contributed by atoms with Crippen LogP contribution in [0.25, 0.3) is 11.1 Å². The van der Waals surface area contributed by atoms with Crippen LogP contribution in [-0.2, 0) is 12.7 Å². The van der Waals surface area contributed by atoms with E-state index in [1.54, 1.807) is 31.2 Å². The van der Waals surface area contributed by atoms with Crippen LogP contribution >= 0.6 is 0 Å². The van der Waals surface area contributed by atoms with E-state index in [1.165, 1.54) is 19.2 Å². The molecule has 7 nitrogen and oxygen atoms in total. The molecule has 0 radical (unpaired) electrons. The molecule has 0 bridgehead atoms. The van der Waals surface area contributed by atoms with E-state index in [4.69, 9.17) is 9.15 Å². The molecule has 4 aromatic rings. The van der Waals surface area contributed by atoms with Crippen LogP contribution in [-0.4, -0.2) is 18.0 Å². The molecule has 1 amide bonds. The molecular weight excluding hydrogens is 489 g/mol. The lowest BCUT2D eigenvalue weighted by atomic mass is 10.0. The Bertz CT molecular complexity index is 1560. The number of hydrogen-bond acceptors (Lipinski definition) is 5. The van der Waals surface area contributed by atoms with E-state index in [9.17, 15) is 27.6 Å². The minimum atomic E-state index is -4.67. The number of rotatable bonds is 6. The number of ether oxygens (including phenoxy) is 1. The first-order valence-electron chi connectivity index (χ1n) is 11.0. The second-order valence-electron chi connectivity index (χ2n) is 8.14. The Morgan fingerprint density at radius 1 is 1.03 bits per heavy atom. The quantitative estimate of drug-likeness (QED) is 0.386. The summed E-state index contributed by atoms with van der Waals surface area (Å²) >= 11 is 0. The van der Waals surface area contributed by atoms with Crippen molar-refractivity contribution >= 4 is 11.6 Å². The highest BCUT2D eigenvalue weighted by molar-refractivity contribution is 6.06. The second-order valence-corrected chi connectivity index (χ2v) is 8.14. The molecule has 1 N–H and O–H groups in total. The predicted molar refractivity (Wildman–Crippen MR) is 131 cm³/mol. The minimum absolute atomic E-state index is 0.0246. The number of methoxy groups -OCH3 is 1. The highest BCUT2D eigenvalue weighted by atomic mass is 19.4. The van der Waals surface area contributed by atoms with Crippen molar-refractivity contribution in [3.8, 4) is 16.9 Å². The molecular formula is C27H21F3N2O5. The number of halogens is 3. The molecule has 4 rings (SSSR count). The number of hydrogen-bond donors (Lipinski definition) is 1. The van der Waals surface area contributed by atoms with E-state index in [1.807, 2.05) is 6.07 Å². The normalized spacial score (nSPS) is 11.3. The lowest BCUT2D eigenvalue weighted by Crippen LogP contribution is -2.35. The van der Waals surface area contributed by atoms with Crippen LogP contribution in [0.3, 0.4) is 0 Å². The number of nitrogens with one attached hydrogen (secondary N) is 1. The molecule has 10 heteroatoms. The Morgan fingerprint density at radius 3 is 2.41 bits per heavy atom. The fourth-order valence-electron chi connectivity index (χ4n) is 3.80. The van der Waals surface area contributed by atoms with Crippen LogP contribution in [0.4, 0.5) is 18.9 Å². The molecule has 0 saturated heterocycles. The third-order valence-corrected chi connectivity index (χ3v) is 5.67. The molecule has 0 spiro atoms. The van der Waals surface area contributed by atoms with Crippen molar-refractivity contribution in [3.63, 3.8) is 0 Å². The zero-order chi connectivity index (χ0) is 26.7. The monoisotopic (exact) mass is 510 g/mol. The van der Waals surface area contributed by atoms with E-state index in [2.05, 4.69) is 4.98 Å². The average molecular weight is 510 g/mol. The fourth-order valence-corrected chi connectivity index (χ4v) is 3.80. The fraction of sp³-hybridized carbons (Fsp3) is 0.148. The van der Waals surface area contributed by atoms with E-state index < -0.39 is 35.2 Å². The molecule has 0 aliphatic heterocycles.